The molecule has 1 aliphatic heterocycles. The van der Waals surface area contributed by atoms with Crippen LogP contribution in [0.2, 0.25) is 0 Å². The van der Waals surface area contributed by atoms with Crippen LogP contribution in [0.3, 0.4) is 0 Å². The molecular weight excluding hydrogens is 583 g/mol. The second-order valence-electron chi connectivity index (χ2n) is 12.5. The summed E-state index contributed by atoms with van der Waals surface area (Å²) in [6.07, 6.45) is 1.13. The maximum Gasteiger partial charge on any atom is 0.399 e. The molecule has 6 nitrogen and oxygen atoms in total. The van der Waals surface area contributed by atoms with Crippen LogP contribution in [0, 0.1) is 17.6 Å². The van der Waals surface area contributed by atoms with Crippen LogP contribution in [0.4, 0.5) is 22.0 Å². The van der Waals surface area contributed by atoms with E-state index in [0.717, 1.165) is 43.4 Å². The van der Waals surface area contributed by atoms with E-state index in [1.54, 1.807) is 0 Å². The first-order valence-electron chi connectivity index (χ1n) is 15.1. The zero-order chi connectivity index (χ0) is 30.8. The molecule has 11 heteroatoms. The topological polar surface area (TPSA) is 72.8 Å². The van der Waals surface area contributed by atoms with E-state index in [-0.39, 0.29) is 59.0 Å². The van der Waals surface area contributed by atoms with Crippen molar-refractivity contribution >= 4 is 0 Å². The molecule has 0 radical (unpaired) electrons. The third-order valence-electron chi connectivity index (χ3n) is 8.84. The van der Waals surface area contributed by atoms with Gasteiger partial charge in [0.05, 0.1) is 17.9 Å². The molecule has 2 aromatic carbocycles. The molecule has 7 rings (SSSR count). The third kappa shape index (κ3) is 5.83. The number of pyridine rings is 1. The number of rotatable bonds is 11. The maximum absolute atomic E-state index is 14.2. The number of nitrogens with zero attached hydrogens (tertiary/aromatic N) is 1. The molecule has 234 valence electrons. The second-order valence-corrected chi connectivity index (χ2v) is 12.5. The Morgan fingerprint density at radius 1 is 0.932 bits per heavy atom. The molecule has 1 unspecified atom stereocenters. The van der Waals surface area contributed by atoms with Gasteiger partial charge in [0.1, 0.15) is 29.6 Å². The Morgan fingerprint density at radius 3 is 2.27 bits per heavy atom. The third-order valence-corrected chi connectivity index (χ3v) is 8.84. The van der Waals surface area contributed by atoms with Gasteiger partial charge in [-0.25, -0.2) is 13.8 Å². The predicted octanol–water partition coefficient (Wildman–Crippen LogP) is 7.10. The molecule has 3 saturated carbocycles. The number of nitrogens with one attached hydrogen (secondary N) is 1. The number of aromatic nitrogens is 1. The zero-order valence-corrected chi connectivity index (χ0v) is 24.1. The fourth-order valence-corrected chi connectivity index (χ4v) is 5.70. The van der Waals surface area contributed by atoms with Crippen LogP contribution >= 0.6 is 0 Å². The molecular formula is C33H33F5N2O4. The first-order chi connectivity index (χ1) is 21.0. The molecule has 0 bridgehead atoms. The van der Waals surface area contributed by atoms with Gasteiger partial charge in [-0.2, -0.15) is 13.2 Å². The van der Waals surface area contributed by atoms with E-state index in [2.05, 4.69) is 10.3 Å². The lowest BCUT2D eigenvalue weighted by molar-refractivity contribution is -0.151. The molecule has 4 aliphatic rings. The van der Waals surface area contributed by atoms with Crippen LogP contribution in [0.25, 0.3) is 11.3 Å². The minimum Gasteiger partial charge on any atom is -0.490 e. The zero-order valence-electron chi connectivity index (χ0n) is 24.1. The van der Waals surface area contributed by atoms with E-state index in [1.807, 2.05) is 25.1 Å². The molecule has 3 atom stereocenters. The fraction of sp³-hybridized carbons (Fsp3) is 0.485. The molecule has 0 saturated heterocycles. The normalized spacial score (nSPS) is 21.8. The van der Waals surface area contributed by atoms with Crippen molar-refractivity contribution in [3.05, 3.63) is 70.9 Å². The first-order valence-corrected chi connectivity index (χ1v) is 15.1. The average molecular weight is 617 g/mol. The van der Waals surface area contributed by atoms with Crippen LogP contribution in [-0.2, 0) is 5.60 Å². The van der Waals surface area contributed by atoms with Gasteiger partial charge >= 0.3 is 6.18 Å². The Labute approximate surface area is 251 Å². The summed E-state index contributed by atoms with van der Waals surface area (Å²) in [5.41, 5.74) is -0.884. The summed E-state index contributed by atoms with van der Waals surface area (Å²) in [6.45, 7) is 1.27. The van der Waals surface area contributed by atoms with Crippen molar-refractivity contribution in [1.29, 1.82) is 0 Å². The van der Waals surface area contributed by atoms with E-state index in [4.69, 9.17) is 14.2 Å². The quantitative estimate of drug-likeness (QED) is 0.224. The van der Waals surface area contributed by atoms with E-state index in [0.29, 0.717) is 24.3 Å². The van der Waals surface area contributed by atoms with E-state index in [1.165, 1.54) is 12.1 Å². The number of halogens is 5. The summed E-state index contributed by atoms with van der Waals surface area (Å²) < 4.78 is 87.7. The van der Waals surface area contributed by atoms with Gasteiger partial charge in [0.15, 0.2) is 23.1 Å². The lowest BCUT2D eigenvalue weighted by Crippen LogP contribution is -2.42. The van der Waals surface area contributed by atoms with Crippen molar-refractivity contribution in [2.24, 2.45) is 5.92 Å². The number of benzene rings is 2. The number of alkyl halides is 3. The average Bonchev–Trinajstić information content (AvgIpc) is 3.84. The predicted molar refractivity (Wildman–Crippen MR) is 151 cm³/mol. The Balaban J connectivity index is 1.20. The minimum atomic E-state index is -4.62. The SMILES string of the molecule is CC(NC[C@](O)(c1cc2c(c(-c3ccc(F)c(F)c3)n1)OC[C@H]2C(F)(F)F)C1CC1)c1ccc(OC2CC2)c(OC2CC2)c1. The van der Waals surface area contributed by atoms with E-state index >= 15 is 0 Å². The van der Waals surface area contributed by atoms with Crippen molar-refractivity contribution in [3.63, 3.8) is 0 Å². The summed E-state index contributed by atoms with van der Waals surface area (Å²) >= 11 is 0. The van der Waals surface area contributed by atoms with Gasteiger partial charge in [0.2, 0.25) is 0 Å². The van der Waals surface area contributed by atoms with Gasteiger partial charge in [-0.3, -0.25) is 0 Å². The van der Waals surface area contributed by atoms with Gasteiger partial charge in [-0.1, -0.05) is 6.07 Å². The lowest BCUT2D eigenvalue weighted by atomic mass is 9.88. The minimum absolute atomic E-state index is 0.00147. The molecule has 3 fully saturated rings. The van der Waals surface area contributed by atoms with Gasteiger partial charge in [-0.15, -0.1) is 0 Å². The van der Waals surface area contributed by atoms with Crippen LogP contribution in [0.5, 0.6) is 17.2 Å². The van der Waals surface area contributed by atoms with Crippen LogP contribution in [0.1, 0.15) is 74.2 Å². The number of aliphatic hydroxyl groups is 1. The summed E-state index contributed by atoms with van der Waals surface area (Å²) in [6, 6.07) is 9.77. The summed E-state index contributed by atoms with van der Waals surface area (Å²) in [5, 5.41) is 15.5. The lowest BCUT2D eigenvalue weighted by Gasteiger charge is -2.31. The van der Waals surface area contributed by atoms with Gasteiger partial charge in [0, 0.05) is 23.7 Å². The largest absolute Gasteiger partial charge is 0.490 e. The van der Waals surface area contributed by atoms with Crippen LogP contribution in [0.15, 0.2) is 42.5 Å². The second kappa shape index (κ2) is 10.9. The Hall–Kier alpha value is -3.44. The maximum atomic E-state index is 14.2. The van der Waals surface area contributed by atoms with Crippen molar-refractivity contribution in [2.45, 2.75) is 81.4 Å². The molecule has 0 spiro atoms. The highest BCUT2D eigenvalue weighted by Crippen LogP contribution is 2.51. The van der Waals surface area contributed by atoms with Crippen molar-refractivity contribution in [1.82, 2.24) is 10.3 Å². The molecule has 1 aromatic heterocycles. The van der Waals surface area contributed by atoms with E-state index < -0.39 is 35.9 Å². The van der Waals surface area contributed by atoms with Crippen molar-refractivity contribution in [3.8, 4) is 28.5 Å². The van der Waals surface area contributed by atoms with Gasteiger partial charge in [-0.05, 0) is 93.3 Å². The Kier molecular flexibility index (Phi) is 7.23. The number of hydrogen-bond acceptors (Lipinski definition) is 6. The molecule has 0 amide bonds. The van der Waals surface area contributed by atoms with Gasteiger partial charge in [0.25, 0.3) is 0 Å². The van der Waals surface area contributed by atoms with Crippen molar-refractivity contribution < 1.29 is 41.3 Å². The van der Waals surface area contributed by atoms with Crippen molar-refractivity contribution in [2.75, 3.05) is 13.2 Å². The number of ether oxygens (including phenoxy) is 3. The van der Waals surface area contributed by atoms with E-state index in [9.17, 15) is 27.1 Å². The highest BCUT2D eigenvalue weighted by Gasteiger charge is 2.51. The highest BCUT2D eigenvalue weighted by molar-refractivity contribution is 5.70. The molecule has 3 aromatic rings. The molecule has 44 heavy (non-hydrogen) atoms. The summed E-state index contributed by atoms with van der Waals surface area (Å²) in [4.78, 5) is 4.58. The van der Waals surface area contributed by atoms with Gasteiger partial charge < -0.3 is 24.6 Å². The molecule has 2 heterocycles. The highest BCUT2D eigenvalue weighted by atomic mass is 19.4. The number of fused-ring (bicyclic) bond motifs is 1. The monoisotopic (exact) mass is 616 g/mol. The Morgan fingerprint density at radius 2 is 1.64 bits per heavy atom. The fourth-order valence-electron chi connectivity index (χ4n) is 5.70. The Bertz CT molecular complexity index is 1570. The summed E-state index contributed by atoms with van der Waals surface area (Å²) in [5.74, 6) is -3.21. The standard InChI is InChI=1S/C33H33F5N2O4/c1-17(18-3-11-27(43-21-6-7-21)28(13-18)44-22-8-9-22)39-16-32(41,20-4-5-20)29-14-23-24(33(36,37)38)15-42-31(23)30(40-29)19-2-10-25(34)26(35)12-19/h2-3,10-14,17,20-22,24,39,41H,4-9,15-16H2,1H3/t17?,24-,32-/m1/s1. The van der Waals surface area contributed by atoms with Crippen LogP contribution in [-0.4, -0.2) is 41.6 Å². The smallest absolute Gasteiger partial charge is 0.399 e. The van der Waals surface area contributed by atoms with Crippen LogP contribution < -0.4 is 19.5 Å². The molecule has 3 aliphatic carbocycles. The summed E-state index contributed by atoms with van der Waals surface area (Å²) in [7, 11) is 0. The number of hydrogen-bond donors (Lipinski definition) is 2. The molecule has 2 N–H and O–H groups in total. The first kappa shape index (κ1) is 29.3.